The Hall–Kier alpha value is -0.800. The summed E-state index contributed by atoms with van der Waals surface area (Å²) in [5.74, 6) is 0. The third kappa shape index (κ3) is 24.7. The highest BCUT2D eigenvalue weighted by molar-refractivity contribution is 4.90. The van der Waals surface area contributed by atoms with Gasteiger partial charge in [0.15, 0.2) is 25.2 Å². The highest BCUT2D eigenvalue weighted by Gasteiger charge is 2.14. The fourth-order valence-electron chi connectivity index (χ4n) is 3.92. The first kappa shape index (κ1) is 38.2. The van der Waals surface area contributed by atoms with Gasteiger partial charge >= 0.3 is 0 Å². The first-order chi connectivity index (χ1) is 19.1. The molecule has 0 radical (unpaired) electrons. The molecule has 0 aliphatic rings. The molecule has 0 aliphatic heterocycles. The summed E-state index contributed by atoms with van der Waals surface area (Å²) in [5.41, 5.74) is 0. The van der Waals surface area contributed by atoms with Crippen molar-refractivity contribution in [2.24, 2.45) is 0 Å². The highest BCUT2D eigenvalue weighted by atomic mass is 16.8. The highest BCUT2D eigenvalue weighted by Crippen LogP contribution is 2.13. The molecule has 0 fully saturated rings. The number of hydrogen-bond donors (Lipinski definition) is 0. The summed E-state index contributed by atoms with van der Waals surface area (Å²) in [6.07, 6.45) is 19.3. The minimum Gasteiger partial charge on any atom is -0.353 e. The van der Waals surface area contributed by atoms with Gasteiger partial charge in [-0.1, -0.05) is 64.5 Å². The zero-order valence-electron chi connectivity index (χ0n) is 26.2. The summed E-state index contributed by atoms with van der Waals surface area (Å²) in [6, 6.07) is 0. The van der Waals surface area contributed by atoms with Crippen molar-refractivity contribution in [1.29, 1.82) is 0 Å². The molecule has 0 rings (SSSR count). The van der Waals surface area contributed by atoms with Gasteiger partial charge in [-0.3, -0.25) is 0 Å². The lowest BCUT2D eigenvalue weighted by atomic mass is 10.2. The van der Waals surface area contributed by atoms with Crippen LogP contribution in [0.4, 0.5) is 0 Å². The second-order valence-electron chi connectivity index (χ2n) is 9.43. The lowest BCUT2D eigenvalue weighted by molar-refractivity contribution is -0.208. The van der Waals surface area contributed by atoms with Crippen molar-refractivity contribution in [3.63, 3.8) is 0 Å². The molecule has 39 heavy (non-hydrogen) atoms. The van der Waals surface area contributed by atoms with E-state index in [0.29, 0.717) is 39.6 Å². The van der Waals surface area contributed by atoms with E-state index < -0.39 is 12.6 Å². The minimum atomic E-state index is -0.478. The quantitative estimate of drug-likeness (QED) is 0.0499. The Morgan fingerprint density at radius 3 is 1.18 bits per heavy atom. The number of allylic oxidation sites excluding steroid dienone is 2. The number of unbranched alkanes of at least 4 members (excludes halogenated alkanes) is 6. The smallest absolute Gasteiger partial charge is 0.180 e. The Kier molecular flexibility index (Phi) is 29.5. The van der Waals surface area contributed by atoms with Crippen LogP contribution in [0, 0.1) is 0 Å². The van der Waals surface area contributed by atoms with E-state index in [1.54, 1.807) is 0 Å². The zero-order valence-corrected chi connectivity index (χ0v) is 26.2. The summed E-state index contributed by atoms with van der Waals surface area (Å²) in [7, 11) is 0. The molecular weight excluding hydrogens is 496 g/mol. The number of ether oxygens (including phenoxy) is 7. The van der Waals surface area contributed by atoms with Gasteiger partial charge in [0.1, 0.15) is 0 Å². The van der Waals surface area contributed by atoms with Gasteiger partial charge in [0.05, 0.1) is 13.2 Å². The molecule has 0 saturated carbocycles. The van der Waals surface area contributed by atoms with Crippen molar-refractivity contribution in [1.82, 2.24) is 0 Å². The Morgan fingerprint density at radius 2 is 0.846 bits per heavy atom. The van der Waals surface area contributed by atoms with Crippen LogP contribution in [0.1, 0.15) is 119 Å². The van der Waals surface area contributed by atoms with Crippen LogP contribution in [-0.4, -0.2) is 64.8 Å². The molecule has 232 valence electrons. The van der Waals surface area contributed by atoms with Crippen molar-refractivity contribution >= 4 is 0 Å². The Labute approximate surface area is 240 Å². The van der Waals surface area contributed by atoms with Gasteiger partial charge in [-0.15, -0.1) is 0 Å². The van der Waals surface area contributed by atoms with Crippen molar-refractivity contribution in [3.8, 4) is 0 Å². The Balaban J connectivity index is 5.17. The van der Waals surface area contributed by atoms with E-state index in [-0.39, 0.29) is 12.6 Å². The molecule has 0 aromatic carbocycles. The molecule has 0 saturated heterocycles. The van der Waals surface area contributed by atoms with Crippen LogP contribution in [0.5, 0.6) is 0 Å². The lowest BCUT2D eigenvalue weighted by Crippen LogP contribution is -2.25. The van der Waals surface area contributed by atoms with Crippen LogP contribution in [0.3, 0.4) is 0 Å². The van der Waals surface area contributed by atoms with E-state index in [1.165, 1.54) is 25.7 Å². The van der Waals surface area contributed by atoms with Gasteiger partial charge < -0.3 is 33.2 Å². The third-order valence-corrected chi connectivity index (χ3v) is 5.96. The molecular formula is C32H62O7. The summed E-state index contributed by atoms with van der Waals surface area (Å²) >= 11 is 0. The third-order valence-electron chi connectivity index (χ3n) is 5.96. The molecule has 0 aromatic heterocycles. The molecule has 0 amide bonds. The van der Waals surface area contributed by atoms with E-state index in [4.69, 9.17) is 33.2 Å². The normalized spacial score (nSPS) is 13.9. The van der Waals surface area contributed by atoms with Gasteiger partial charge in [0, 0.05) is 39.3 Å². The van der Waals surface area contributed by atoms with Gasteiger partial charge in [0.25, 0.3) is 0 Å². The minimum absolute atomic E-state index is 0.182. The molecule has 2 unspecified atom stereocenters. The van der Waals surface area contributed by atoms with Gasteiger partial charge in [-0.25, -0.2) is 0 Å². The molecule has 0 heterocycles. The van der Waals surface area contributed by atoms with E-state index >= 15 is 0 Å². The van der Waals surface area contributed by atoms with Gasteiger partial charge in [-0.2, -0.15) is 0 Å². The van der Waals surface area contributed by atoms with E-state index in [0.717, 1.165) is 51.4 Å². The second kappa shape index (κ2) is 30.2. The summed E-state index contributed by atoms with van der Waals surface area (Å²) in [6.45, 7) is 16.3. The number of rotatable bonds is 30. The fraction of sp³-hybridized carbons (Fsp3) is 0.875. The second-order valence-corrected chi connectivity index (χ2v) is 9.43. The van der Waals surface area contributed by atoms with Crippen molar-refractivity contribution in [3.05, 3.63) is 24.3 Å². The summed E-state index contributed by atoms with van der Waals surface area (Å²) < 4.78 is 41.3. The zero-order chi connectivity index (χ0) is 28.8. The standard InChI is InChI=1S/C32H62O7/c1-7-13-15-21-27-37-31(25-19-17-23-29(33-9-3)34-10-4)39-32(38-28-22-16-14-8-2)26-20-18-24-30(35-11-5)36-12-6/h19-20,25-26,29-32H,7-18,21-24,27-28H2,1-6H3. The molecule has 0 aromatic rings. The first-order valence-electron chi connectivity index (χ1n) is 15.8. The predicted octanol–water partition coefficient (Wildman–Crippen LogP) is 8.32. The maximum absolute atomic E-state index is 6.32. The average molecular weight is 559 g/mol. The molecule has 7 heteroatoms. The van der Waals surface area contributed by atoms with Gasteiger partial charge in [0.2, 0.25) is 0 Å². The van der Waals surface area contributed by atoms with Crippen LogP contribution >= 0.6 is 0 Å². The number of hydrogen-bond acceptors (Lipinski definition) is 7. The largest absolute Gasteiger partial charge is 0.353 e. The lowest BCUT2D eigenvalue weighted by Gasteiger charge is -2.22. The van der Waals surface area contributed by atoms with E-state index in [1.807, 2.05) is 39.8 Å². The monoisotopic (exact) mass is 558 g/mol. The van der Waals surface area contributed by atoms with Crippen LogP contribution in [0.25, 0.3) is 0 Å². The van der Waals surface area contributed by atoms with Crippen LogP contribution in [0.15, 0.2) is 24.3 Å². The van der Waals surface area contributed by atoms with E-state index in [2.05, 4.69) is 26.0 Å². The van der Waals surface area contributed by atoms with Crippen LogP contribution in [-0.2, 0) is 33.2 Å². The summed E-state index contributed by atoms with van der Waals surface area (Å²) in [4.78, 5) is 0. The van der Waals surface area contributed by atoms with E-state index in [9.17, 15) is 0 Å². The topological polar surface area (TPSA) is 64.6 Å². The predicted molar refractivity (Wildman–Crippen MR) is 160 cm³/mol. The van der Waals surface area contributed by atoms with Crippen LogP contribution < -0.4 is 0 Å². The molecule has 0 bridgehead atoms. The Bertz CT molecular complexity index is 483. The fourth-order valence-corrected chi connectivity index (χ4v) is 3.92. The Morgan fingerprint density at radius 1 is 0.462 bits per heavy atom. The first-order valence-corrected chi connectivity index (χ1v) is 15.8. The maximum Gasteiger partial charge on any atom is 0.180 e. The molecule has 2 atom stereocenters. The van der Waals surface area contributed by atoms with Crippen molar-refractivity contribution < 1.29 is 33.2 Å². The van der Waals surface area contributed by atoms with Crippen molar-refractivity contribution in [2.75, 3.05) is 39.6 Å². The van der Waals surface area contributed by atoms with Crippen LogP contribution in [0.2, 0.25) is 0 Å². The molecule has 0 aliphatic carbocycles. The average Bonchev–Trinajstić information content (AvgIpc) is 2.93. The molecule has 7 nitrogen and oxygen atoms in total. The maximum atomic E-state index is 6.32. The van der Waals surface area contributed by atoms with Crippen molar-refractivity contribution in [2.45, 2.75) is 144 Å². The van der Waals surface area contributed by atoms with Gasteiger partial charge in [-0.05, 0) is 65.5 Å². The molecule has 0 spiro atoms. The summed E-state index contributed by atoms with van der Waals surface area (Å²) in [5, 5.41) is 0. The molecule has 0 N–H and O–H groups in total. The SMILES string of the molecule is CCCCCCOC(C=CCCC(OCC)OCC)OC(C=CCCC(OCC)OCC)OCCCCCC.